The number of nitrogen functional groups attached to an aromatic ring is 1. The minimum Gasteiger partial charge on any atom is -0.378 e. The molecule has 1 heterocycles. The summed E-state index contributed by atoms with van der Waals surface area (Å²) < 4.78 is 24.6. The van der Waals surface area contributed by atoms with Gasteiger partial charge in [-0.25, -0.2) is 4.39 Å². The van der Waals surface area contributed by atoms with E-state index in [0.717, 1.165) is 31.6 Å². The van der Waals surface area contributed by atoms with Crippen LogP contribution in [0.2, 0.25) is 0 Å². The van der Waals surface area contributed by atoms with E-state index >= 15 is 0 Å². The van der Waals surface area contributed by atoms with E-state index in [-0.39, 0.29) is 11.7 Å². The van der Waals surface area contributed by atoms with Crippen LogP contribution in [-0.2, 0) is 11.2 Å². The van der Waals surface area contributed by atoms with Crippen molar-refractivity contribution in [2.24, 2.45) is 5.92 Å². The Morgan fingerprint density at radius 1 is 1.38 bits per heavy atom. The Morgan fingerprint density at radius 2 is 2.14 bits per heavy atom. The third kappa shape index (κ3) is 2.78. The van der Waals surface area contributed by atoms with Gasteiger partial charge in [0.25, 0.3) is 0 Å². The summed E-state index contributed by atoms with van der Waals surface area (Å²) in [5, 5.41) is 4.02. The van der Waals surface area contributed by atoms with Gasteiger partial charge in [0.1, 0.15) is 5.82 Å². The van der Waals surface area contributed by atoms with E-state index < -0.39 is 0 Å². The topological polar surface area (TPSA) is 61.3 Å². The Bertz CT molecular complexity index is 620. The Kier molecular flexibility index (Phi) is 3.92. The summed E-state index contributed by atoms with van der Waals surface area (Å²) in [5.41, 5.74) is 7.61. The number of ether oxygens (including phenoxy) is 1. The molecule has 0 radical (unpaired) electrons. The zero-order chi connectivity index (χ0) is 14.8. The van der Waals surface area contributed by atoms with Crippen LogP contribution in [0.4, 0.5) is 10.3 Å². The van der Waals surface area contributed by atoms with E-state index in [0.29, 0.717) is 23.1 Å². The molecule has 1 aromatic carbocycles. The van der Waals surface area contributed by atoms with Crippen molar-refractivity contribution in [2.45, 2.75) is 32.3 Å². The second-order valence-electron chi connectivity index (χ2n) is 5.47. The molecule has 112 valence electrons. The Labute approximate surface area is 123 Å². The summed E-state index contributed by atoms with van der Waals surface area (Å²) in [6.07, 6.45) is 3.11. The molecule has 0 bridgehead atoms. The van der Waals surface area contributed by atoms with Gasteiger partial charge in [-0.1, -0.05) is 23.4 Å². The number of nitrogens with zero attached hydrogens (tertiary/aromatic N) is 1. The van der Waals surface area contributed by atoms with Crippen LogP contribution < -0.4 is 5.73 Å². The van der Waals surface area contributed by atoms with Gasteiger partial charge in [-0.15, -0.1) is 0 Å². The van der Waals surface area contributed by atoms with Gasteiger partial charge >= 0.3 is 0 Å². The largest absolute Gasteiger partial charge is 0.378 e. The van der Waals surface area contributed by atoms with Crippen molar-refractivity contribution in [2.75, 3.05) is 12.3 Å². The minimum atomic E-state index is -0.311. The van der Waals surface area contributed by atoms with E-state index in [4.69, 9.17) is 15.0 Å². The van der Waals surface area contributed by atoms with Gasteiger partial charge in [-0.3, -0.25) is 0 Å². The fraction of sp³-hybridized carbons (Fsp3) is 0.438. The van der Waals surface area contributed by atoms with Gasteiger partial charge in [-0.05, 0) is 38.2 Å². The highest BCUT2D eigenvalue weighted by atomic mass is 19.1. The number of benzene rings is 1. The van der Waals surface area contributed by atoms with Crippen LogP contribution in [0.1, 0.15) is 25.5 Å². The van der Waals surface area contributed by atoms with Crippen LogP contribution in [0.5, 0.6) is 0 Å². The lowest BCUT2D eigenvalue weighted by molar-refractivity contribution is -0.0244. The van der Waals surface area contributed by atoms with Gasteiger partial charge in [0, 0.05) is 12.2 Å². The molecule has 1 aromatic heterocycles. The molecule has 0 saturated heterocycles. The van der Waals surface area contributed by atoms with Crippen molar-refractivity contribution in [1.29, 1.82) is 0 Å². The number of hydrogen-bond donors (Lipinski definition) is 1. The molecule has 1 fully saturated rings. The lowest BCUT2D eigenvalue weighted by Gasteiger charge is -2.34. The van der Waals surface area contributed by atoms with E-state index in [1.807, 2.05) is 6.92 Å². The molecule has 4 nitrogen and oxygen atoms in total. The quantitative estimate of drug-likeness (QED) is 0.916. The molecule has 0 atom stereocenters. The molecule has 0 spiro atoms. The Hall–Kier alpha value is -1.88. The van der Waals surface area contributed by atoms with Crippen LogP contribution in [0.15, 0.2) is 28.8 Å². The van der Waals surface area contributed by atoms with Crippen LogP contribution in [0.3, 0.4) is 0 Å². The highest BCUT2D eigenvalue weighted by Crippen LogP contribution is 2.37. The molecule has 21 heavy (non-hydrogen) atoms. The van der Waals surface area contributed by atoms with Crippen LogP contribution in [0.25, 0.3) is 11.1 Å². The summed E-state index contributed by atoms with van der Waals surface area (Å²) in [5.74, 6) is 0.363. The fourth-order valence-corrected chi connectivity index (χ4v) is 2.92. The molecule has 0 unspecified atom stereocenters. The number of halogens is 1. The molecular formula is C16H19FN2O2. The van der Waals surface area contributed by atoms with Crippen molar-refractivity contribution < 1.29 is 13.7 Å². The Balaban J connectivity index is 1.78. The first-order valence-electron chi connectivity index (χ1n) is 7.29. The second-order valence-corrected chi connectivity index (χ2v) is 5.47. The molecule has 1 aliphatic carbocycles. The third-order valence-electron chi connectivity index (χ3n) is 4.01. The summed E-state index contributed by atoms with van der Waals surface area (Å²) in [6, 6.07) is 6.55. The maximum absolute atomic E-state index is 14.0. The molecule has 5 heteroatoms. The first-order chi connectivity index (χ1) is 10.2. The van der Waals surface area contributed by atoms with Gasteiger partial charge in [0.05, 0.1) is 17.4 Å². The van der Waals surface area contributed by atoms with Crippen molar-refractivity contribution in [3.8, 4) is 11.1 Å². The van der Waals surface area contributed by atoms with Crippen LogP contribution in [0, 0.1) is 11.7 Å². The number of anilines is 1. The molecule has 3 rings (SSSR count). The predicted molar refractivity (Wildman–Crippen MR) is 78.2 cm³/mol. The number of rotatable bonds is 5. The molecule has 2 N–H and O–H groups in total. The van der Waals surface area contributed by atoms with Crippen molar-refractivity contribution >= 4 is 5.88 Å². The average molecular weight is 290 g/mol. The average Bonchev–Trinajstić information content (AvgIpc) is 2.78. The molecule has 1 aliphatic rings. The van der Waals surface area contributed by atoms with E-state index in [1.54, 1.807) is 18.2 Å². The standard InChI is InChI=1S/C16H19FN2O2/c1-2-20-11-7-10(8-11)9-14-15(16(18)21-19-14)12-5-3-4-6-13(12)17/h3-6,10-11H,2,7-9,18H2,1H3. The zero-order valence-electron chi connectivity index (χ0n) is 12.0. The lowest BCUT2D eigenvalue weighted by atomic mass is 9.78. The van der Waals surface area contributed by atoms with Gasteiger partial charge in [0.2, 0.25) is 5.88 Å². The van der Waals surface area contributed by atoms with Crippen LogP contribution >= 0.6 is 0 Å². The maximum Gasteiger partial charge on any atom is 0.230 e. The second kappa shape index (κ2) is 5.85. The summed E-state index contributed by atoms with van der Waals surface area (Å²) in [4.78, 5) is 0. The number of hydrogen-bond acceptors (Lipinski definition) is 4. The summed E-state index contributed by atoms with van der Waals surface area (Å²) >= 11 is 0. The Morgan fingerprint density at radius 3 is 2.86 bits per heavy atom. The van der Waals surface area contributed by atoms with E-state index in [9.17, 15) is 4.39 Å². The maximum atomic E-state index is 14.0. The summed E-state index contributed by atoms with van der Waals surface area (Å²) in [7, 11) is 0. The minimum absolute atomic E-state index is 0.177. The number of aromatic nitrogens is 1. The van der Waals surface area contributed by atoms with Gasteiger partial charge in [0.15, 0.2) is 0 Å². The smallest absolute Gasteiger partial charge is 0.230 e. The predicted octanol–water partition coefficient (Wildman–Crippen LogP) is 3.42. The molecular weight excluding hydrogens is 271 g/mol. The zero-order valence-corrected chi connectivity index (χ0v) is 12.0. The van der Waals surface area contributed by atoms with Crippen molar-refractivity contribution in [1.82, 2.24) is 5.16 Å². The third-order valence-corrected chi connectivity index (χ3v) is 4.01. The summed E-state index contributed by atoms with van der Waals surface area (Å²) in [6.45, 7) is 2.75. The highest BCUT2D eigenvalue weighted by molar-refractivity contribution is 5.75. The van der Waals surface area contributed by atoms with E-state index in [2.05, 4.69) is 5.16 Å². The normalized spacial score (nSPS) is 21.2. The molecule has 0 aliphatic heterocycles. The SMILES string of the molecule is CCOC1CC(Cc2noc(N)c2-c2ccccc2F)C1. The fourth-order valence-electron chi connectivity index (χ4n) is 2.92. The van der Waals surface area contributed by atoms with E-state index in [1.165, 1.54) is 6.07 Å². The van der Waals surface area contributed by atoms with Gasteiger partial charge in [-0.2, -0.15) is 0 Å². The van der Waals surface area contributed by atoms with Crippen molar-refractivity contribution in [3.05, 3.63) is 35.8 Å². The first-order valence-corrected chi connectivity index (χ1v) is 7.29. The molecule has 0 amide bonds. The molecule has 1 saturated carbocycles. The highest BCUT2D eigenvalue weighted by Gasteiger charge is 2.32. The van der Waals surface area contributed by atoms with Crippen molar-refractivity contribution in [3.63, 3.8) is 0 Å². The monoisotopic (exact) mass is 290 g/mol. The van der Waals surface area contributed by atoms with Gasteiger partial charge < -0.3 is 15.0 Å². The lowest BCUT2D eigenvalue weighted by Crippen LogP contribution is -2.32. The van der Waals surface area contributed by atoms with Crippen LogP contribution in [-0.4, -0.2) is 17.9 Å². The molecule has 2 aromatic rings. The first kappa shape index (κ1) is 14.1. The number of nitrogens with two attached hydrogens (primary N) is 1.